The van der Waals surface area contributed by atoms with Crippen LogP contribution < -0.4 is 21.3 Å². The van der Waals surface area contributed by atoms with Gasteiger partial charge >= 0.3 is 24.1 Å². The molecule has 2 saturated heterocycles. The minimum absolute atomic E-state index is 0.00955. The molecule has 0 unspecified atom stereocenters. The highest BCUT2D eigenvalue weighted by Gasteiger charge is 2.40. The van der Waals surface area contributed by atoms with E-state index in [1.54, 1.807) is 41.5 Å². The van der Waals surface area contributed by atoms with Crippen LogP contribution in [-0.2, 0) is 47.7 Å². The second-order valence-electron chi connectivity index (χ2n) is 14.9. The SMILES string of the molecule is COC(=O)[C@H](CSSC[C@H](NC(=O)[C@@H]1CCCN1C(=O)[C@H](C)NC(=O)OC(C)(C)C)C(=O)OC)NC(=O)[C@@H]1CCCN1C(=O)[C@H](C)NC(=O)OC(C)(C)C. The monoisotopic (exact) mass is 804 g/mol. The van der Waals surface area contributed by atoms with Gasteiger partial charge in [-0.05, 0) is 81.1 Å². The van der Waals surface area contributed by atoms with Crippen LogP contribution in [0.15, 0.2) is 0 Å². The van der Waals surface area contributed by atoms with Gasteiger partial charge in [-0.15, -0.1) is 0 Å². The van der Waals surface area contributed by atoms with Crippen molar-refractivity contribution in [2.75, 3.05) is 38.8 Å². The minimum atomic E-state index is -1.12. The Hall–Kier alpha value is -3.94. The quantitative estimate of drug-likeness (QED) is 0.0797. The summed E-state index contributed by atoms with van der Waals surface area (Å²) in [6.45, 7) is 13.7. The molecular formula is C34H56N6O12S2. The Morgan fingerprint density at radius 1 is 0.611 bits per heavy atom. The number of likely N-dealkylation sites (tertiary alicyclic amines) is 2. The molecule has 2 fully saturated rings. The number of rotatable bonds is 15. The topological polar surface area (TPSA) is 228 Å². The Labute approximate surface area is 324 Å². The van der Waals surface area contributed by atoms with Crippen LogP contribution in [0, 0.1) is 0 Å². The van der Waals surface area contributed by atoms with Crippen LogP contribution in [-0.4, -0.2) is 144 Å². The summed E-state index contributed by atoms with van der Waals surface area (Å²) in [4.78, 5) is 106. The molecule has 6 amide bonds. The molecule has 0 bridgehead atoms. The van der Waals surface area contributed by atoms with Gasteiger partial charge < -0.3 is 50.0 Å². The van der Waals surface area contributed by atoms with Gasteiger partial charge in [0.15, 0.2) is 0 Å². The third kappa shape index (κ3) is 14.7. The summed E-state index contributed by atoms with van der Waals surface area (Å²) >= 11 is 0. The Kier molecular flexibility index (Phi) is 17.7. The predicted octanol–water partition coefficient (Wildman–Crippen LogP) is 1.49. The van der Waals surface area contributed by atoms with Gasteiger partial charge in [0.25, 0.3) is 0 Å². The summed E-state index contributed by atoms with van der Waals surface area (Å²) in [5, 5.41) is 10.3. The van der Waals surface area contributed by atoms with E-state index in [0.29, 0.717) is 25.7 Å². The lowest BCUT2D eigenvalue weighted by molar-refractivity contribution is -0.146. The molecule has 2 aliphatic rings. The average Bonchev–Trinajstić information content (AvgIpc) is 3.76. The van der Waals surface area contributed by atoms with Gasteiger partial charge in [0.2, 0.25) is 23.6 Å². The first kappa shape index (κ1) is 46.2. The number of carbonyl (C=O) groups excluding carboxylic acids is 8. The van der Waals surface area contributed by atoms with Crippen LogP contribution in [0.1, 0.15) is 81.1 Å². The maximum Gasteiger partial charge on any atom is 0.408 e. The number of carbonyl (C=O) groups is 8. The zero-order chi connectivity index (χ0) is 41.0. The maximum absolute atomic E-state index is 13.4. The van der Waals surface area contributed by atoms with E-state index in [1.165, 1.54) is 37.9 Å². The zero-order valence-electron chi connectivity index (χ0n) is 32.7. The number of hydrogen-bond acceptors (Lipinski definition) is 14. The van der Waals surface area contributed by atoms with Crippen LogP contribution in [0.4, 0.5) is 9.59 Å². The molecule has 0 spiro atoms. The van der Waals surface area contributed by atoms with E-state index in [9.17, 15) is 38.4 Å². The smallest absolute Gasteiger partial charge is 0.408 e. The van der Waals surface area contributed by atoms with Crippen molar-refractivity contribution in [3.05, 3.63) is 0 Å². The highest BCUT2D eigenvalue weighted by Crippen LogP contribution is 2.26. The maximum atomic E-state index is 13.4. The third-order valence-corrected chi connectivity index (χ3v) is 10.5. The summed E-state index contributed by atoms with van der Waals surface area (Å²) < 4.78 is 20.2. The van der Waals surface area contributed by atoms with E-state index in [2.05, 4.69) is 21.3 Å². The summed E-state index contributed by atoms with van der Waals surface area (Å²) in [5.74, 6) is -3.55. The number of nitrogens with zero attached hydrogens (tertiary/aromatic N) is 2. The molecule has 2 heterocycles. The summed E-state index contributed by atoms with van der Waals surface area (Å²) in [6, 6.07) is -5.95. The lowest BCUT2D eigenvalue weighted by Crippen LogP contribution is -2.55. The first-order valence-corrected chi connectivity index (χ1v) is 20.2. The molecule has 6 atom stereocenters. The van der Waals surface area contributed by atoms with Crippen molar-refractivity contribution in [2.45, 2.75) is 129 Å². The standard InChI is InChI=1S/C34H56N6O12S2/c1-19(35-31(47)51-33(3,4)5)27(43)39-15-11-13-23(39)25(41)37-21(29(45)49-9)17-53-54-18-22(30(46)50-10)38-26(42)24-14-12-16-40(24)28(44)20(2)36-32(48)52-34(6,7)8/h19-24H,11-18H2,1-10H3,(H,35,47)(H,36,48)(H,37,41)(H,38,42)/t19-,20-,21-,22-,23-,24-/m0/s1. The highest BCUT2D eigenvalue weighted by molar-refractivity contribution is 8.76. The van der Waals surface area contributed by atoms with Crippen LogP contribution in [0.5, 0.6) is 0 Å². The van der Waals surface area contributed by atoms with Gasteiger partial charge in [-0.3, -0.25) is 19.2 Å². The van der Waals surface area contributed by atoms with E-state index in [-0.39, 0.29) is 24.6 Å². The van der Waals surface area contributed by atoms with Crippen molar-refractivity contribution in [3.63, 3.8) is 0 Å². The average molecular weight is 805 g/mol. The fourth-order valence-electron chi connectivity index (χ4n) is 5.59. The van der Waals surface area contributed by atoms with E-state index in [4.69, 9.17) is 18.9 Å². The Bertz CT molecular complexity index is 1290. The molecule has 0 aliphatic carbocycles. The van der Waals surface area contributed by atoms with Gasteiger partial charge in [-0.1, -0.05) is 21.6 Å². The van der Waals surface area contributed by atoms with Crippen LogP contribution in [0.2, 0.25) is 0 Å². The number of esters is 2. The van der Waals surface area contributed by atoms with E-state index in [1.807, 2.05) is 0 Å². The van der Waals surface area contributed by atoms with Crippen molar-refractivity contribution in [1.29, 1.82) is 0 Å². The Morgan fingerprint density at radius 3 is 1.24 bits per heavy atom. The number of nitrogens with one attached hydrogen (secondary N) is 4. The number of alkyl carbamates (subject to hydrolysis) is 2. The molecule has 4 N–H and O–H groups in total. The van der Waals surface area contributed by atoms with Gasteiger partial charge in [0.05, 0.1) is 14.2 Å². The molecule has 20 heteroatoms. The van der Waals surface area contributed by atoms with Crippen molar-refractivity contribution in [2.24, 2.45) is 0 Å². The van der Waals surface area contributed by atoms with Gasteiger partial charge in [0, 0.05) is 24.6 Å². The van der Waals surface area contributed by atoms with Crippen molar-refractivity contribution >= 4 is 69.3 Å². The lowest BCUT2D eigenvalue weighted by atomic mass is 10.1. The summed E-state index contributed by atoms with van der Waals surface area (Å²) in [5.41, 5.74) is -1.53. The first-order valence-electron chi connectivity index (χ1n) is 17.7. The molecule has 18 nitrogen and oxygen atoms in total. The molecule has 0 aromatic carbocycles. The number of ether oxygens (including phenoxy) is 4. The largest absolute Gasteiger partial charge is 0.467 e. The minimum Gasteiger partial charge on any atom is -0.467 e. The van der Waals surface area contributed by atoms with Gasteiger partial charge in [-0.2, -0.15) is 0 Å². The zero-order valence-corrected chi connectivity index (χ0v) is 34.4. The molecule has 0 saturated carbocycles. The third-order valence-electron chi connectivity index (χ3n) is 8.04. The van der Waals surface area contributed by atoms with E-state index < -0.39 is 95.2 Å². The molecule has 306 valence electrons. The summed E-state index contributed by atoms with van der Waals surface area (Å²) in [6.07, 6.45) is 0.213. The van der Waals surface area contributed by atoms with E-state index >= 15 is 0 Å². The van der Waals surface area contributed by atoms with Crippen molar-refractivity contribution in [3.8, 4) is 0 Å². The van der Waals surface area contributed by atoms with E-state index in [0.717, 1.165) is 21.6 Å². The van der Waals surface area contributed by atoms with Gasteiger partial charge in [0.1, 0.15) is 47.5 Å². The molecule has 0 aromatic rings. The summed E-state index contributed by atoms with van der Waals surface area (Å²) in [7, 11) is 4.60. The first-order chi connectivity index (χ1) is 25.1. The molecule has 2 rings (SSSR count). The van der Waals surface area contributed by atoms with Crippen molar-refractivity contribution < 1.29 is 57.3 Å². The number of amides is 6. The number of hydrogen-bond donors (Lipinski definition) is 4. The number of methoxy groups -OCH3 is 2. The fourth-order valence-corrected chi connectivity index (χ4v) is 7.88. The van der Waals surface area contributed by atoms with Crippen LogP contribution in [0.3, 0.4) is 0 Å². The second-order valence-corrected chi connectivity index (χ2v) is 17.4. The van der Waals surface area contributed by atoms with Crippen LogP contribution in [0.25, 0.3) is 0 Å². The molecule has 0 radical (unpaired) electrons. The molecular weight excluding hydrogens is 749 g/mol. The van der Waals surface area contributed by atoms with Crippen LogP contribution >= 0.6 is 21.6 Å². The molecule has 0 aromatic heterocycles. The van der Waals surface area contributed by atoms with Gasteiger partial charge in [-0.25, -0.2) is 19.2 Å². The second kappa shape index (κ2) is 20.7. The highest BCUT2D eigenvalue weighted by atomic mass is 33.1. The predicted molar refractivity (Wildman–Crippen MR) is 200 cm³/mol. The molecule has 54 heavy (non-hydrogen) atoms. The Morgan fingerprint density at radius 2 is 0.944 bits per heavy atom. The Balaban J connectivity index is 1.98. The lowest BCUT2D eigenvalue weighted by Gasteiger charge is -2.29. The normalized spacial score (nSPS) is 19.4. The fraction of sp³-hybridized carbons (Fsp3) is 0.765. The molecule has 2 aliphatic heterocycles. The van der Waals surface area contributed by atoms with Crippen molar-refractivity contribution in [1.82, 2.24) is 31.1 Å².